The van der Waals surface area contributed by atoms with Gasteiger partial charge in [0, 0.05) is 31.4 Å². The zero-order valence-electron chi connectivity index (χ0n) is 14.6. The minimum atomic E-state index is -0.671. The number of pyridine rings is 1. The van der Waals surface area contributed by atoms with Crippen molar-refractivity contribution in [2.45, 2.75) is 6.54 Å². The van der Waals surface area contributed by atoms with Crippen LogP contribution < -0.4 is 21.3 Å². The van der Waals surface area contributed by atoms with Crippen molar-refractivity contribution >= 4 is 23.7 Å². The molecule has 9 nitrogen and oxygen atoms in total. The molecule has 1 aromatic carbocycles. The number of anilines is 1. The minimum Gasteiger partial charge on any atom is -0.387 e. The summed E-state index contributed by atoms with van der Waals surface area (Å²) < 4.78 is 0. The van der Waals surface area contributed by atoms with Crippen LogP contribution in [0, 0.1) is 0 Å². The predicted molar refractivity (Wildman–Crippen MR) is 98.9 cm³/mol. The van der Waals surface area contributed by atoms with E-state index in [-0.39, 0.29) is 25.5 Å². The van der Waals surface area contributed by atoms with Gasteiger partial charge in [0.1, 0.15) is 12.4 Å². The molecule has 2 rings (SSSR count). The second-order valence-corrected chi connectivity index (χ2v) is 5.53. The van der Waals surface area contributed by atoms with E-state index in [1.54, 1.807) is 48.7 Å². The molecule has 0 aliphatic rings. The van der Waals surface area contributed by atoms with Crippen LogP contribution in [0.2, 0.25) is 0 Å². The molecule has 0 radical (unpaired) electrons. The molecular weight excluding hydrogens is 350 g/mol. The predicted octanol–water partition coefficient (Wildman–Crippen LogP) is 0.00520. The normalized spacial score (nSPS) is 10.1. The van der Waals surface area contributed by atoms with Gasteiger partial charge < -0.3 is 21.5 Å². The maximum absolute atomic E-state index is 12.4. The zero-order valence-corrected chi connectivity index (χ0v) is 14.6. The lowest BCUT2D eigenvalue weighted by atomic mass is 10.1. The molecule has 0 saturated heterocycles. The molecule has 0 bridgehead atoms. The number of aliphatic hydroxyl groups excluding tert-OH is 1. The summed E-state index contributed by atoms with van der Waals surface area (Å²) in [6.07, 6.45) is 1.54. The summed E-state index contributed by atoms with van der Waals surface area (Å²) in [7, 11) is 0. The SMILES string of the molecule is NC(=O)N(CCNC(=O)c1ccccc1CNC(=O)CO)c1ccccn1. The van der Waals surface area contributed by atoms with Gasteiger partial charge in [-0.15, -0.1) is 0 Å². The molecule has 27 heavy (non-hydrogen) atoms. The summed E-state index contributed by atoms with van der Waals surface area (Å²) in [6, 6.07) is 11.2. The van der Waals surface area contributed by atoms with Crippen molar-refractivity contribution in [3.63, 3.8) is 0 Å². The van der Waals surface area contributed by atoms with E-state index in [2.05, 4.69) is 15.6 Å². The first kappa shape index (κ1) is 19.9. The van der Waals surface area contributed by atoms with Gasteiger partial charge in [-0.1, -0.05) is 24.3 Å². The van der Waals surface area contributed by atoms with Crippen LogP contribution in [0.1, 0.15) is 15.9 Å². The average Bonchev–Trinajstić information content (AvgIpc) is 2.69. The van der Waals surface area contributed by atoms with Crippen LogP contribution in [0.4, 0.5) is 10.6 Å². The number of nitrogens with two attached hydrogens (primary N) is 1. The van der Waals surface area contributed by atoms with E-state index in [0.29, 0.717) is 16.9 Å². The number of benzene rings is 1. The Hall–Kier alpha value is -3.46. The molecule has 0 atom stereocenters. The lowest BCUT2D eigenvalue weighted by Gasteiger charge is -2.19. The topological polar surface area (TPSA) is 138 Å². The molecule has 1 aromatic heterocycles. The average molecular weight is 371 g/mol. The number of urea groups is 1. The van der Waals surface area contributed by atoms with Crippen molar-refractivity contribution in [3.05, 3.63) is 59.8 Å². The number of hydrogen-bond donors (Lipinski definition) is 4. The van der Waals surface area contributed by atoms with Crippen molar-refractivity contribution in [1.29, 1.82) is 0 Å². The Morgan fingerprint density at radius 1 is 1.07 bits per heavy atom. The molecule has 4 amide bonds. The largest absolute Gasteiger partial charge is 0.387 e. The van der Waals surface area contributed by atoms with Crippen molar-refractivity contribution in [2.75, 3.05) is 24.6 Å². The fourth-order valence-electron chi connectivity index (χ4n) is 2.37. The van der Waals surface area contributed by atoms with E-state index in [9.17, 15) is 14.4 Å². The highest BCUT2D eigenvalue weighted by molar-refractivity contribution is 5.96. The third-order valence-corrected chi connectivity index (χ3v) is 3.69. The third kappa shape index (κ3) is 5.79. The Kier molecular flexibility index (Phi) is 7.26. The van der Waals surface area contributed by atoms with Gasteiger partial charge in [-0.2, -0.15) is 0 Å². The second-order valence-electron chi connectivity index (χ2n) is 5.53. The zero-order chi connectivity index (χ0) is 19.6. The Morgan fingerprint density at radius 3 is 2.48 bits per heavy atom. The molecule has 0 aliphatic carbocycles. The Bertz CT molecular complexity index is 797. The number of amides is 4. The van der Waals surface area contributed by atoms with Gasteiger partial charge in [-0.05, 0) is 23.8 Å². The summed E-state index contributed by atoms with van der Waals surface area (Å²) >= 11 is 0. The minimum absolute atomic E-state index is 0.115. The van der Waals surface area contributed by atoms with E-state index in [4.69, 9.17) is 10.8 Å². The van der Waals surface area contributed by atoms with Gasteiger partial charge in [0.05, 0.1) is 0 Å². The monoisotopic (exact) mass is 371 g/mol. The number of aliphatic hydroxyl groups is 1. The second kappa shape index (κ2) is 9.88. The lowest BCUT2D eigenvalue weighted by molar-refractivity contribution is -0.123. The molecule has 0 spiro atoms. The standard InChI is InChI=1S/C18H21N5O4/c19-18(27)23(15-7-3-4-8-20-15)10-9-21-17(26)14-6-2-1-5-13(14)11-22-16(25)12-24/h1-8,24H,9-12H2,(H2,19,27)(H,21,26)(H,22,25). The molecule has 0 unspecified atom stereocenters. The molecule has 1 heterocycles. The lowest BCUT2D eigenvalue weighted by Crippen LogP contribution is -2.42. The van der Waals surface area contributed by atoms with Crippen molar-refractivity contribution < 1.29 is 19.5 Å². The fourth-order valence-corrected chi connectivity index (χ4v) is 2.37. The first-order chi connectivity index (χ1) is 13.0. The molecule has 0 fully saturated rings. The van der Waals surface area contributed by atoms with Crippen molar-refractivity contribution in [3.8, 4) is 0 Å². The number of carbonyl (C=O) groups excluding carboxylic acids is 3. The highest BCUT2D eigenvalue weighted by Gasteiger charge is 2.15. The Morgan fingerprint density at radius 2 is 1.81 bits per heavy atom. The molecule has 9 heteroatoms. The van der Waals surface area contributed by atoms with E-state index in [0.717, 1.165) is 0 Å². The summed E-state index contributed by atoms with van der Waals surface area (Å²) in [6.45, 7) is -0.188. The summed E-state index contributed by atoms with van der Waals surface area (Å²) in [5.41, 5.74) is 6.37. The molecule has 0 aliphatic heterocycles. The number of nitrogens with one attached hydrogen (secondary N) is 2. The number of nitrogens with zero attached hydrogens (tertiary/aromatic N) is 2. The number of carbonyl (C=O) groups is 3. The summed E-state index contributed by atoms with van der Waals surface area (Å²) in [4.78, 5) is 40.6. The van der Waals surface area contributed by atoms with Crippen LogP contribution >= 0.6 is 0 Å². The summed E-state index contributed by atoms with van der Waals surface area (Å²) in [5.74, 6) is -0.488. The van der Waals surface area contributed by atoms with Gasteiger partial charge in [0.25, 0.3) is 5.91 Å². The number of hydrogen-bond acceptors (Lipinski definition) is 5. The van der Waals surface area contributed by atoms with Crippen LogP contribution in [-0.4, -0.2) is 47.6 Å². The smallest absolute Gasteiger partial charge is 0.320 e. The Labute approximate surface area is 156 Å². The summed E-state index contributed by atoms with van der Waals surface area (Å²) in [5, 5.41) is 14.0. The molecule has 2 aromatic rings. The van der Waals surface area contributed by atoms with Gasteiger partial charge in [0.2, 0.25) is 5.91 Å². The van der Waals surface area contributed by atoms with Crippen LogP contribution in [-0.2, 0) is 11.3 Å². The first-order valence-electron chi connectivity index (χ1n) is 8.24. The van der Waals surface area contributed by atoms with E-state index >= 15 is 0 Å². The highest BCUT2D eigenvalue weighted by atomic mass is 16.3. The number of aromatic nitrogens is 1. The third-order valence-electron chi connectivity index (χ3n) is 3.69. The molecule has 0 saturated carbocycles. The van der Waals surface area contributed by atoms with Crippen molar-refractivity contribution in [2.24, 2.45) is 5.73 Å². The fraction of sp³-hybridized carbons (Fsp3) is 0.222. The highest BCUT2D eigenvalue weighted by Crippen LogP contribution is 2.10. The van der Waals surface area contributed by atoms with E-state index in [1.165, 1.54) is 4.90 Å². The van der Waals surface area contributed by atoms with Gasteiger partial charge in [-0.25, -0.2) is 9.78 Å². The maximum atomic E-state index is 12.4. The number of primary amides is 1. The van der Waals surface area contributed by atoms with Crippen LogP contribution in [0.3, 0.4) is 0 Å². The molecule has 5 N–H and O–H groups in total. The van der Waals surface area contributed by atoms with Crippen LogP contribution in [0.15, 0.2) is 48.7 Å². The van der Waals surface area contributed by atoms with E-state index in [1.807, 2.05) is 0 Å². The van der Waals surface area contributed by atoms with Gasteiger partial charge >= 0.3 is 6.03 Å². The van der Waals surface area contributed by atoms with Gasteiger partial charge in [0.15, 0.2) is 0 Å². The van der Waals surface area contributed by atoms with Crippen molar-refractivity contribution in [1.82, 2.24) is 15.6 Å². The van der Waals surface area contributed by atoms with Gasteiger partial charge in [-0.3, -0.25) is 14.5 Å². The van der Waals surface area contributed by atoms with E-state index < -0.39 is 18.5 Å². The van der Waals surface area contributed by atoms with Crippen LogP contribution in [0.5, 0.6) is 0 Å². The number of rotatable bonds is 8. The Balaban J connectivity index is 1.97. The molecule has 142 valence electrons. The quantitative estimate of drug-likeness (QED) is 0.518. The maximum Gasteiger partial charge on any atom is 0.320 e. The molecular formula is C18H21N5O4. The first-order valence-corrected chi connectivity index (χ1v) is 8.24. The van der Waals surface area contributed by atoms with Crippen LogP contribution in [0.25, 0.3) is 0 Å².